The van der Waals surface area contributed by atoms with E-state index < -0.39 is 10.0 Å². The number of amides is 1. The lowest BCUT2D eigenvalue weighted by atomic mass is 10.2. The van der Waals surface area contributed by atoms with Gasteiger partial charge >= 0.3 is 0 Å². The second kappa shape index (κ2) is 7.40. The summed E-state index contributed by atoms with van der Waals surface area (Å²) in [7, 11) is -3.63. The van der Waals surface area contributed by atoms with Crippen molar-refractivity contribution >= 4 is 15.9 Å². The predicted octanol–water partition coefficient (Wildman–Crippen LogP) is 1.40. The van der Waals surface area contributed by atoms with Crippen LogP contribution in [0.3, 0.4) is 0 Å². The number of rotatable bonds is 7. The number of nitrogens with zero attached hydrogens (tertiary/aromatic N) is 1. The highest BCUT2D eigenvalue weighted by atomic mass is 32.2. The number of benzene rings is 1. The number of carbonyl (C=O) groups excluding carboxylic acids is 1. The molecule has 0 aromatic heterocycles. The van der Waals surface area contributed by atoms with Crippen LogP contribution in [0.4, 0.5) is 0 Å². The monoisotopic (exact) mass is 298 g/mol. The SMILES string of the molecule is CCc1ccc(S(=O)(=O)NCC(=O)N(CC)CC)cc1. The number of hydrogen-bond acceptors (Lipinski definition) is 3. The smallest absolute Gasteiger partial charge is 0.241 e. The second-order valence-electron chi connectivity index (χ2n) is 4.39. The number of nitrogens with one attached hydrogen (secondary N) is 1. The van der Waals surface area contributed by atoms with Gasteiger partial charge in [0.25, 0.3) is 0 Å². The van der Waals surface area contributed by atoms with Crippen molar-refractivity contribution in [3.63, 3.8) is 0 Å². The summed E-state index contributed by atoms with van der Waals surface area (Å²) in [6.45, 7) is 6.66. The van der Waals surface area contributed by atoms with Crippen LogP contribution in [0.5, 0.6) is 0 Å². The van der Waals surface area contributed by atoms with Gasteiger partial charge in [-0.15, -0.1) is 0 Å². The van der Waals surface area contributed by atoms with Crippen LogP contribution in [-0.2, 0) is 21.2 Å². The lowest BCUT2D eigenvalue weighted by molar-refractivity contribution is -0.129. The zero-order valence-electron chi connectivity index (χ0n) is 12.2. The Morgan fingerprint density at radius 1 is 1.10 bits per heavy atom. The average Bonchev–Trinajstić information content (AvgIpc) is 2.46. The topological polar surface area (TPSA) is 66.5 Å². The Hall–Kier alpha value is -1.40. The molecule has 1 N–H and O–H groups in total. The average molecular weight is 298 g/mol. The molecule has 1 amide bonds. The number of hydrogen-bond donors (Lipinski definition) is 1. The van der Waals surface area contributed by atoms with Crippen molar-refractivity contribution in [1.82, 2.24) is 9.62 Å². The summed E-state index contributed by atoms with van der Waals surface area (Å²) in [4.78, 5) is 13.6. The first kappa shape index (κ1) is 16.7. The van der Waals surface area contributed by atoms with E-state index in [0.29, 0.717) is 13.1 Å². The maximum atomic E-state index is 12.1. The van der Waals surface area contributed by atoms with Crippen molar-refractivity contribution in [2.24, 2.45) is 0 Å². The minimum atomic E-state index is -3.63. The summed E-state index contributed by atoms with van der Waals surface area (Å²) >= 11 is 0. The highest BCUT2D eigenvalue weighted by Gasteiger charge is 2.17. The fraction of sp³-hybridized carbons (Fsp3) is 0.500. The van der Waals surface area contributed by atoms with Gasteiger partial charge in [0.05, 0.1) is 11.4 Å². The molecule has 6 heteroatoms. The molecule has 0 heterocycles. The van der Waals surface area contributed by atoms with Gasteiger partial charge in [-0.2, -0.15) is 0 Å². The summed E-state index contributed by atoms with van der Waals surface area (Å²) < 4.78 is 26.4. The quantitative estimate of drug-likeness (QED) is 0.827. The molecule has 0 radical (unpaired) electrons. The Balaban J connectivity index is 2.72. The van der Waals surface area contributed by atoms with E-state index >= 15 is 0 Å². The molecule has 0 atom stereocenters. The molecule has 112 valence electrons. The van der Waals surface area contributed by atoms with E-state index in [-0.39, 0.29) is 17.3 Å². The molecule has 0 saturated heterocycles. The normalized spacial score (nSPS) is 11.3. The predicted molar refractivity (Wildman–Crippen MR) is 78.9 cm³/mol. The number of likely N-dealkylation sites (N-methyl/N-ethyl adjacent to an activating group) is 1. The molecule has 1 aromatic carbocycles. The first-order valence-electron chi connectivity index (χ1n) is 6.81. The minimum absolute atomic E-state index is 0.182. The lowest BCUT2D eigenvalue weighted by Gasteiger charge is -2.18. The fourth-order valence-electron chi connectivity index (χ4n) is 1.83. The Labute approximate surface area is 121 Å². The van der Waals surface area contributed by atoms with Gasteiger partial charge in [0, 0.05) is 13.1 Å². The number of aryl methyl sites for hydroxylation is 1. The van der Waals surface area contributed by atoms with Gasteiger partial charge < -0.3 is 4.90 Å². The van der Waals surface area contributed by atoms with Gasteiger partial charge in [-0.3, -0.25) is 4.79 Å². The highest BCUT2D eigenvalue weighted by Crippen LogP contribution is 2.10. The van der Waals surface area contributed by atoms with Crippen molar-refractivity contribution < 1.29 is 13.2 Å². The molecular weight excluding hydrogens is 276 g/mol. The summed E-state index contributed by atoms with van der Waals surface area (Å²) in [5.74, 6) is -0.219. The Morgan fingerprint density at radius 3 is 2.10 bits per heavy atom. The first-order valence-corrected chi connectivity index (χ1v) is 8.29. The molecule has 0 saturated carbocycles. The molecule has 1 rings (SSSR count). The number of carbonyl (C=O) groups is 1. The molecule has 20 heavy (non-hydrogen) atoms. The molecule has 5 nitrogen and oxygen atoms in total. The molecule has 0 aliphatic rings. The van der Waals surface area contributed by atoms with Gasteiger partial charge in [0.2, 0.25) is 15.9 Å². The van der Waals surface area contributed by atoms with E-state index in [1.807, 2.05) is 20.8 Å². The molecule has 0 bridgehead atoms. The zero-order valence-corrected chi connectivity index (χ0v) is 13.0. The van der Waals surface area contributed by atoms with E-state index in [4.69, 9.17) is 0 Å². The van der Waals surface area contributed by atoms with E-state index in [2.05, 4.69) is 4.72 Å². The molecule has 0 aliphatic carbocycles. The third kappa shape index (κ3) is 4.31. The maximum Gasteiger partial charge on any atom is 0.241 e. The van der Waals surface area contributed by atoms with Crippen LogP contribution in [0.2, 0.25) is 0 Å². The zero-order chi connectivity index (χ0) is 15.2. The van der Waals surface area contributed by atoms with Gasteiger partial charge in [-0.25, -0.2) is 13.1 Å². The van der Waals surface area contributed by atoms with E-state index in [0.717, 1.165) is 12.0 Å². The third-order valence-electron chi connectivity index (χ3n) is 3.17. The van der Waals surface area contributed by atoms with Crippen molar-refractivity contribution in [2.45, 2.75) is 32.1 Å². The summed E-state index contributed by atoms with van der Waals surface area (Å²) in [6.07, 6.45) is 0.855. The summed E-state index contributed by atoms with van der Waals surface area (Å²) in [5.41, 5.74) is 1.07. The van der Waals surface area contributed by atoms with Crippen LogP contribution in [0, 0.1) is 0 Å². The Bertz CT molecular complexity index is 534. The molecule has 0 fully saturated rings. The van der Waals surface area contributed by atoms with Gasteiger partial charge in [0.15, 0.2) is 0 Å². The molecule has 0 aliphatic heterocycles. The van der Waals surface area contributed by atoms with E-state index in [1.54, 1.807) is 29.2 Å². The Morgan fingerprint density at radius 2 is 1.65 bits per heavy atom. The van der Waals surface area contributed by atoms with Crippen LogP contribution in [0.1, 0.15) is 26.3 Å². The fourth-order valence-corrected chi connectivity index (χ4v) is 2.81. The van der Waals surface area contributed by atoms with Crippen molar-refractivity contribution in [1.29, 1.82) is 0 Å². The largest absolute Gasteiger partial charge is 0.342 e. The molecule has 0 spiro atoms. The van der Waals surface area contributed by atoms with Crippen molar-refractivity contribution in [2.75, 3.05) is 19.6 Å². The molecular formula is C14H22N2O3S. The van der Waals surface area contributed by atoms with Crippen LogP contribution in [0.15, 0.2) is 29.2 Å². The second-order valence-corrected chi connectivity index (χ2v) is 6.16. The highest BCUT2D eigenvalue weighted by molar-refractivity contribution is 7.89. The number of sulfonamides is 1. The molecule has 0 unspecified atom stereocenters. The van der Waals surface area contributed by atoms with Crippen molar-refractivity contribution in [3.05, 3.63) is 29.8 Å². The van der Waals surface area contributed by atoms with Crippen LogP contribution in [0.25, 0.3) is 0 Å². The summed E-state index contributed by atoms with van der Waals surface area (Å²) in [5, 5.41) is 0. The van der Waals surface area contributed by atoms with E-state index in [9.17, 15) is 13.2 Å². The van der Waals surface area contributed by atoms with Gasteiger partial charge in [-0.1, -0.05) is 19.1 Å². The third-order valence-corrected chi connectivity index (χ3v) is 4.59. The maximum absolute atomic E-state index is 12.1. The van der Waals surface area contributed by atoms with Gasteiger partial charge in [-0.05, 0) is 38.0 Å². The Kier molecular flexibility index (Phi) is 6.16. The standard InChI is InChI=1S/C14H22N2O3S/c1-4-12-7-9-13(10-8-12)20(18,19)15-11-14(17)16(5-2)6-3/h7-10,15H,4-6,11H2,1-3H3. The molecule has 1 aromatic rings. The van der Waals surface area contributed by atoms with Gasteiger partial charge in [0.1, 0.15) is 0 Å². The summed E-state index contributed by atoms with van der Waals surface area (Å²) in [6, 6.07) is 6.67. The van der Waals surface area contributed by atoms with Crippen molar-refractivity contribution in [3.8, 4) is 0 Å². The van der Waals surface area contributed by atoms with E-state index in [1.165, 1.54) is 0 Å². The minimum Gasteiger partial charge on any atom is -0.342 e. The van der Waals surface area contributed by atoms with Crippen LogP contribution >= 0.6 is 0 Å². The van der Waals surface area contributed by atoms with Crippen LogP contribution in [-0.4, -0.2) is 38.9 Å². The lowest BCUT2D eigenvalue weighted by Crippen LogP contribution is -2.39. The van der Waals surface area contributed by atoms with Crippen LogP contribution < -0.4 is 4.72 Å². The first-order chi connectivity index (χ1) is 9.44.